The summed E-state index contributed by atoms with van der Waals surface area (Å²) in [4.78, 5) is 49.3. The van der Waals surface area contributed by atoms with Crippen molar-refractivity contribution in [2.24, 2.45) is 4.99 Å². The fourth-order valence-electron chi connectivity index (χ4n) is 5.30. The SMILES string of the molecule is C/C=C(\C)F.C=C(/C=C/C(=C)CC)/C=C(/NC(=O)OC(C)(C)C)C(=NC)C(=O)N1CCC(OC2CCN(CC(=O)N(CC)CCNC)CC2)CC1.[HH]. The van der Waals surface area contributed by atoms with Gasteiger partial charge in [0.1, 0.15) is 11.3 Å². The number of amides is 3. The zero-order valence-electron chi connectivity index (χ0n) is 32.8. The van der Waals surface area contributed by atoms with Crippen LogP contribution in [0.5, 0.6) is 0 Å². The predicted molar refractivity (Wildman–Crippen MR) is 208 cm³/mol. The molecule has 0 atom stereocenters. The van der Waals surface area contributed by atoms with Crippen LogP contribution < -0.4 is 10.6 Å². The summed E-state index contributed by atoms with van der Waals surface area (Å²) >= 11 is 0. The molecule has 2 fully saturated rings. The average Bonchev–Trinajstić information content (AvgIpc) is 3.08. The predicted octanol–water partition coefficient (Wildman–Crippen LogP) is 6.21. The Morgan fingerprint density at radius 1 is 1.04 bits per heavy atom. The first kappa shape index (κ1) is 45.4. The second-order valence-electron chi connectivity index (χ2n) is 13.7. The second-order valence-corrected chi connectivity index (χ2v) is 13.7. The molecule has 2 aliphatic heterocycles. The normalized spacial score (nSPS) is 17.1. The van der Waals surface area contributed by atoms with Crippen LogP contribution >= 0.6 is 0 Å². The van der Waals surface area contributed by atoms with E-state index >= 15 is 0 Å². The van der Waals surface area contributed by atoms with Gasteiger partial charge in [0.25, 0.3) is 5.91 Å². The van der Waals surface area contributed by atoms with E-state index in [1.165, 1.54) is 20.0 Å². The van der Waals surface area contributed by atoms with E-state index in [0.717, 1.165) is 51.0 Å². The van der Waals surface area contributed by atoms with Crippen molar-refractivity contribution in [2.75, 3.05) is 66.5 Å². The van der Waals surface area contributed by atoms with Crippen LogP contribution in [-0.2, 0) is 19.1 Å². The Bertz CT molecular complexity index is 1270. The van der Waals surface area contributed by atoms with E-state index in [2.05, 4.69) is 33.7 Å². The Morgan fingerprint density at radius 2 is 1.61 bits per heavy atom. The van der Waals surface area contributed by atoms with Gasteiger partial charge in [0, 0.05) is 54.3 Å². The molecule has 2 saturated heterocycles. The minimum absolute atomic E-state index is 0. The van der Waals surface area contributed by atoms with Gasteiger partial charge in [-0.1, -0.05) is 43.9 Å². The van der Waals surface area contributed by atoms with Crippen molar-refractivity contribution < 1.29 is 29.7 Å². The minimum Gasteiger partial charge on any atom is -0.444 e. The maximum Gasteiger partial charge on any atom is 0.412 e. The Hall–Kier alpha value is -3.61. The Labute approximate surface area is 308 Å². The number of aliphatic imine (C=N–C) groups is 1. The van der Waals surface area contributed by atoms with Gasteiger partial charge in [0.2, 0.25) is 5.91 Å². The molecule has 0 radical (unpaired) electrons. The summed E-state index contributed by atoms with van der Waals surface area (Å²) in [6, 6.07) is 0. The number of hydrogen-bond acceptors (Lipinski definition) is 8. The number of rotatable bonds is 15. The van der Waals surface area contributed by atoms with Crippen molar-refractivity contribution >= 4 is 23.6 Å². The molecule has 0 unspecified atom stereocenters. The second kappa shape index (κ2) is 23.8. The Balaban J connectivity index is 0.00000404. The highest BCUT2D eigenvalue weighted by Crippen LogP contribution is 2.22. The lowest BCUT2D eigenvalue weighted by atomic mass is 10.0. The Morgan fingerprint density at radius 3 is 2.08 bits per heavy atom. The maximum absolute atomic E-state index is 13.7. The van der Waals surface area contributed by atoms with Crippen LogP contribution in [-0.4, -0.2) is 123 Å². The first-order valence-corrected chi connectivity index (χ1v) is 18.2. The van der Waals surface area contributed by atoms with Gasteiger partial charge in [-0.05, 0) is 92.3 Å². The van der Waals surface area contributed by atoms with E-state index in [-0.39, 0.29) is 42.7 Å². The van der Waals surface area contributed by atoms with Crippen molar-refractivity contribution in [1.82, 2.24) is 25.3 Å². The Kier molecular flexibility index (Phi) is 21.2. The number of ether oxygens (including phenoxy) is 2. The molecule has 0 aliphatic carbocycles. The summed E-state index contributed by atoms with van der Waals surface area (Å²) in [6.45, 7) is 25.8. The van der Waals surface area contributed by atoms with Crippen molar-refractivity contribution in [1.29, 1.82) is 0 Å². The van der Waals surface area contributed by atoms with E-state index in [1.54, 1.807) is 44.7 Å². The quantitative estimate of drug-likeness (QED) is 0.153. The highest BCUT2D eigenvalue weighted by Gasteiger charge is 2.31. The van der Waals surface area contributed by atoms with Crippen LogP contribution in [0.25, 0.3) is 0 Å². The third-order valence-electron chi connectivity index (χ3n) is 8.41. The molecule has 2 heterocycles. The molecular weight excluding hydrogens is 651 g/mol. The number of likely N-dealkylation sites (tertiary alicyclic amines) is 2. The number of likely N-dealkylation sites (N-methyl/N-ethyl adjacent to an activating group) is 2. The van der Waals surface area contributed by atoms with Gasteiger partial charge in [-0.25, -0.2) is 9.18 Å². The monoisotopic (exact) mass is 719 g/mol. The molecular formula is C39H67FN6O5. The van der Waals surface area contributed by atoms with Crippen LogP contribution in [0.3, 0.4) is 0 Å². The first-order valence-electron chi connectivity index (χ1n) is 18.2. The van der Waals surface area contributed by atoms with Crippen molar-refractivity contribution in [3.63, 3.8) is 0 Å². The molecule has 12 heteroatoms. The summed E-state index contributed by atoms with van der Waals surface area (Å²) in [6.07, 6.45) is 10.2. The third kappa shape index (κ3) is 18.4. The summed E-state index contributed by atoms with van der Waals surface area (Å²) in [5.74, 6) is -0.219. The van der Waals surface area contributed by atoms with E-state index in [1.807, 2.05) is 31.9 Å². The number of halogens is 1. The number of carbonyl (C=O) groups excluding carboxylic acids is 3. The van der Waals surface area contributed by atoms with Gasteiger partial charge < -0.3 is 24.6 Å². The molecule has 2 aliphatic rings. The minimum atomic E-state index is -0.711. The van der Waals surface area contributed by atoms with Crippen molar-refractivity contribution in [2.45, 2.75) is 98.4 Å². The topological polar surface area (TPSA) is 116 Å². The van der Waals surface area contributed by atoms with Gasteiger partial charge in [-0.3, -0.25) is 24.8 Å². The van der Waals surface area contributed by atoms with Crippen LogP contribution in [0, 0.1) is 0 Å². The van der Waals surface area contributed by atoms with E-state index in [9.17, 15) is 18.8 Å². The molecule has 3 amide bonds. The first-order chi connectivity index (χ1) is 24.1. The molecule has 0 saturated carbocycles. The molecule has 2 N–H and O–H groups in total. The molecule has 0 aromatic carbocycles. The molecule has 0 spiro atoms. The van der Waals surface area contributed by atoms with Crippen molar-refractivity contribution in [3.05, 3.63) is 60.1 Å². The van der Waals surface area contributed by atoms with Crippen LogP contribution in [0.15, 0.2) is 65.1 Å². The van der Waals surface area contributed by atoms with E-state index in [0.29, 0.717) is 44.6 Å². The van der Waals surface area contributed by atoms with Gasteiger partial charge in [0.05, 0.1) is 30.3 Å². The maximum atomic E-state index is 13.7. The number of nitrogens with one attached hydrogen (secondary N) is 2. The number of alkyl carbamates (subject to hydrolysis) is 1. The summed E-state index contributed by atoms with van der Waals surface area (Å²) < 4.78 is 23.2. The van der Waals surface area contributed by atoms with Crippen LogP contribution in [0.2, 0.25) is 0 Å². The standard InChI is InChI=1S/C35H58N6O5.C4H7F.H2/c1-10-26(3)12-13-27(4)24-30(38-34(44)46-35(5,6)7)32(37-9)33(43)41-21-16-29(17-22-41)45-28-14-19-39(20-15-28)25-31(42)40(11-2)23-18-36-8;1-3-4(2)5;/h12-13,24,28-29,36H,3-4,10-11,14-23,25H2,1-2,5-9H3,(H,38,44);3H,1-2H3;1H/b13-12+,30-24+,37-32?;4-3+;. The number of allylic oxidation sites excluding steroid dienone is 7. The number of piperidine rings is 2. The van der Waals surface area contributed by atoms with E-state index < -0.39 is 11.7 Å². The zero-order valence-corrected chi connectivity index (χ0v) is 32.8. The largest absolute Gasteiger partial charge is 0.444 e. The average molecular weight is 719 g/mol. The van der Waals surface area contributed by atoms with Gasteiger partial charge in [-0.15, -0.1) is 0 Å². The van der Waals surface area contributed by atoms with Gasteiger partial charge >= 0.3 is 6.09 Å². The van der Waals surface area contributed by atoms with Crippen LogP contribution in [0.4, 0.5) is 9.18 Å². The summed E-state index contributed by atoms with van der Waals surface area (Å²) in [5.41, 5.74) is 1.15. The fraction of sp³-hybridized carbons (Fsp3) is 0.641. The van der Waals surface area contributed by atoms with Gasteiger partial charge in [0.15, 0.2) is 0 Å². The molecule has 0 aromatic heterocycles. The number of hydrogen-bond donors (Lipinski definition) is 2. The molecule has 0 bridgehead atoms. The molecule has 2 rings (SSSR count). The zero-order chi connectivity index (χ0) is 38.6. The van der Waals surface area contributed by atoms with Crippen molar-refractivity contribution in [3.8, 4) is 0 Å². The summed E-state index contributed by atoms with van der Waals surface area (Å²) in [5, 5.41) is 5.83. The third-order valence-corrected chi connectivity index (χ3v) is 8.41. The fourth-order valence-corrected chi connectivity index (χ4v) is 5.30. The molecule has 51 heavy (non-hydrogen) atoms. The van der Waals surface area contributed by atoms with Gasteiger partial charge in [-0.2, -0.15) is 0 Å². The highest BCUT2D eigenvalue weighted by atomic mass is 19.1. The number of carbonyl (C=O) groups is 3. The smallest absolute Gasteiger partial charge is 0.412 e. The molecule has 0 aromatic rings. The molecule has 11 nitrogen and oxygen atoms in total. The lowest BCUT2D eigenvalue weighted by Crippen LogP contribution is -2.48. The molecule has 290 valence electrons. The lowest BCUT2D eigenvalue weighted by Gasteiger charge is -2.37. The summed E-state index contributed by atoms with van der Waals surface area (Å²) in [7, 11) is 3.43. The van der Waals surface area contributed by atoms with E-state index in [4.69, 9.17) is 9.47 Å². The highest BCUT2D eigenvalue weighted by molar-refractivity contribution is 6.45. The number of nitrogens with zero attached hydrogens (tertiary/aromatic N) is 4. The van der Waals surface area contributed by atoms with Crippen LogP contribution in [0.1, 0.15) is 82.0 Å². The lowest BCUT2D eigenvalue weighted by molar-refractivity contribution is -0.134.